The van der Waals surface area contributed by atoms with Crippen LogP contribution >= 0.6 is 0 Å². The molecule has 0 fully saturated rings. The number of benzene rings is 2. The number of H-pyrrole nitrogens is 1. The van der Waals surface area contributed by atoms with Gasteiger partial charge < -0.3 is 21.1 Å². The van der Waals surface area contributed by atoms with Crippen LogP contribution in [0, 0.1) is 6.92 Å². The molecule has 4 aromatic rings. The molecule has 0 spiro atoms. The largest absolute Gasteiger partial charge is 0.451 e. The first kappa shape index (κ1) is 25.6. The summed E-state index contributed by atoms with van der Waals surface area (Å²) in [7, 11) is 1.54. The molecule has 192 valence electrons. The van der Waals surface area contributed by atoms with Crippen molar-refractivity contribution >= 4 is 23.4 Å². The molecule has 37 heavy (non-hydrogen) atoms. The van der Waals surface area contributed by atoms with E-state index in [1.54, 1.807) is 56.4 Å². The second-order valence-corrected chi connectivity index (χ2v) is 7.99. The minimum atomic E-state index is -4.71. The van der Waals surface area contributed by atoms with E-state index in [-0.39, 0.29) is 35.7 Å². The number of aromatic amines is 1. The molecule has 0 radical (unpaired) electrons. The number of aliphatic hydroxyl groups is 1. The number of hydrogen-bond donors (Lipinski definition) is 5. The van der Waals surface area contributed by atoms with Crippen molar-refractivity contribution in [1.29, 1.82) is 0 Å². The molecule has 0 saturated heterocycles. The number of halogens is 3. The van der Waals surface area contributed by atoms with Crippen LogP contribution < -0.4 is 16.0 Å². The third kappa shape index (κ3) is 5.83. The van der Waals surface area contributed by atoms with Crippen LogP contribution in [0.3, 0.4) is 0 Å². The van der Waals surface area contributed by atoms with E-state index in [0.717, 1.165) is 5.56 Å². The highest BCUT2D eigenvalue weighted by molar-refractivity contribution is 5.95. The Morgan fingerprint density at radius 1 is 1.14 bits per heavy atom. The highest BCUT2D eigenvalue weighted by Crippen LogP contribution is 2.31. The molecule has 0 saturated carbocycles. The lowest BCUT2D eigenvalue weighted by Crippen LogP contribution is -2.19. The molecule has 0 aliphatic heterocycles. The number of rotatable bonds is 8. The summed E-state index contributed by atoms with van der Waals surface area (Å²) in [4.78, 5) is 24.2. The molecule has 1 atom stereocenters. The second kappa shape index (κ2) is 10.6. The first-order valence-corrected chi connectivity index (χ1v) is 11.1. The van der Waals surface area contributed by atoms with Gasteiger partial charge in [-0.05, 0) is 36.2 Å². The van der Waals surface area contributed by atoms with Gasteiger partial charge in [0.15, 0.2) is 5.82 Å². The Bertz CT molecular complexity index is 1390. The molecule has 4 rings (SSSR count). The monoisotopic (exact) mass is 512 g/mol. The van der Waals surface area contributed by atoms with Crippen molar-refractivity contribution in [3.05, 3.63) is 77.2 Å². The van der Waals surface area contributed by atoms with Crippen LogP contribution in [0.5, 0.6) is 0 Å². The zero-order valence-electron chi connectivity index (χ0n) is 19.8. The summed E-state index contributed by atoms with van der Waals surface area (Å²) in [6, 6.07) is 13.4. The van der Waals surface area contributed by atoms with E-state index < -0.39 is 18.0 Å². The molecule has 2 aromatic carbocycles. The molecule has 1 amide bonds. The smallest absolute Gasteiger partial charge is 0.394 e. The fraction of sp³-hybridized carbons (Fsp3) is 0.208. The summed E-state index contributed by atoms with van der Waals surface area (Å²) in [5, 5.41) is 24.2. The average Bonchev–Trinajstić information content (AvgIpc) is 3.38. The van der Waals surface area contributed by atoms with Crippen molar-refractivity contribution in [3.8, 4) is 11.4 Å². The Balaban J connectivity index is 1.70. The number of hydrogen-bond acceptors (Lipinski definition) is 8. The molecular formula is C24H23F3N8O2. The van der Waals surface area contributed by atoms with E-state index in [9.17, 15) is 23.1 Å². The second-order valence-electron chi connectivity index (χ2n) is 7.99. The van der Waals surface area contributed by atoms with Crippen LogP contribution in [-0.4, -0.2) is 49.8 Å². The molecular weight excluding hydrogens is 489 g/mol. The molecule has 2 aromatic heterocycles. The van der Waals surface area contributed by atoms with Gasteiger partial charge in [-0.2, -0.15) is 23.3 Å². The fourth-order valence-corrected chi connectivity index (χ4v) is 3.57. The van der Waals surface area contributed by atoms with Crippen molar-refractivity contribution in [2.24, 2.45) is 0 Å². The summed E-state index contributed by atoms with van der Waals surface area (Å²) in [6.07, 6.45) is -3.43. The number of amides is 1. The average molecular weight is 512 g/mol. The summed E-state index contributed by atoms with van der Waals surface area (Å²) in [6.45, 7) is 1.46. The number of aromatic nitrogens is 5. The van der Waals surface area contributed by atoms with E-state index in [1.807, 2.05) is 11.2 Å². The summed E-state index contributed by atoms with van der Waals surface area (Å²) in [5.74, 6) is -1.53. The molecule has 13 heteroatoms. The third-order valence-electron chi connectivity index (χ3n) is 5.43. The lowest BCUT2D eigenvalue weighted by molar-refractivity contribution is -0.144. The van der Waals surface area contributed by atoms with Crippen molar-refractivity contribution in [1.82, 2.24) is 30.5 Å². The van der Waals surface area contributed by atoms with Gasteiger partial charge >= 0.3 is 6.18 Å². The minimum Gasteiger partial charge on any atom is -0.394 e. The van der Waals surface area contributed by atoms with Gasteiger partial charge in [-0.1, -0.05) is 30.3 Å². The number of nitrogens with zero attached hydrogens (tertiary/aromatic N) is 4. The van der Waals surface area contributed by atoms with Gasteiger partial charge in [0, 0.05) is 24.5 Å². The van der Waals surface area contributed by atoms with Crippen molar-refractivity contribution in [3.63, 3.8) is 0 Å². The lowest BCUT2D eigenvalue weighted by atomic mass is 10.1. The molecule has 0 aliphatic rings. The number of aryl methyl sites for hydroxylation is 1. The third-order valence-corrected chi connectivity index (χ3v) is 5.43. The Morgan fingerprint density at radius 2 is 1.89 bits per heavy atom. The zero-order chi connectivity index (χ0) is 26.6. The van der Waals surface area contributed by atoms with Crippen LogP contribution in [0.2, 0.25) is 0 Å². The molecule has 0 unspecified atom stereocenters. The number of anilines is 3. The van der Waals surface area contributed by atoms with E-state index in [0.29, 0.717) is 16.8 Å². The van der Waals surface area contributed by atoms with Crippen molar-refractivity contribution < 1.29 is 23.1 Å². The van der Waals surface area contributed by atoms with Gasteiger partial charge in [-0.3, -0.25) is 9.89 Å². The quantitative estimate of drug-likeness (QED) is 0.240. The number of alkyl halides is 3. The van der Waals surface area contributed by atoms with Crippen LogP contribution in [0.25, 0.3) is 11.4 Å². The van der Waals surface area contributed by atoms with E-state index in [4.69, 9.17) is 0 Å². The zero-order valence-corrected chi connectivity index (χ0v) is 19.8. The summed E-state index contributed by atoms with van der Waals surface area (Å²) < 4.78 is 39.3. The van der Waals surface area contributed by atoms with Crippen LogP contribution in [0.15, 0.2) is 54.7 Å². The van der Waals surface area contributed by atoms with Crippen LogP contribution in [0.1, 0.15) is 33.4 Å². The number of carbonyl (C=O) groups is 1. The maximum absolute atomic E-state index is 13.1. The highest BCUT2D eigenvalue weighted by atomic mass is 19.4. The lowest BCUT2D eigenvalue weighted by Gasteiger charge is -2.19. The summed E-state index contributed by atoms with van der Waals surface area (Å²) in [5.41, 5.74) is 2.63. The Morgan fingerprint density at radius 3 is 2.51 bits per heavy atom. The number of carbonyl (C=O) groups excluding carboxylic acids is 1. The molecule has 0 bridgehead atoms. The Labute approximate surface area is 209 Å². The Hall–Kier alpha value is -4.52. The fourth-order valence-electron chi connectivity index (χ4n) is 3.57. The van der Waals surface area contributed by atoms with Gasteiger partial charge in [0.25, 0.3) is 5.91 Å². The molecule has 2 heterocycles. The Kier molecular flexibility index (Phi) is 7.34. The van der Waals surface area contributed by atoms with Gasteiger partial charge in [-0.15, -0.1) is 0 Å². The van der Waals surface area contributed by atoms with Gasteiger partial charge in [0.2, 0.25) is 11.8 Å². The molecule has 5 N–H and O–H groups in total. The van der Waals surface area contributed by atoms with E-state index in [2.05, 4.69) is 36.0 Å². The van der Waals surface area contributed by atoms with E-state index in [1.165, 1.54) is 6.20 Å². The topological polar surface area (TPSA) is 141 Å². The maximum atomic E-state index is 13.1. The van der Waals surface area contributed by atoms with E-state index >= 15 is 0 Å². The van der Waals surface area contributed by atoms with Crippen LogP contribution in [0.4, 0.5) is 30.6 Å². The van der Waals surface area contributed by atoms with Crippen LogP contribution in [-0.2, 0) is 6.18 Å². The first-order valence-electron chi connectivity index (χ1n) is 11.1. The highest BCUT2D eigenvalue weighted by Gasteiger charge is 2.35. The predicted octanol–water partition coefficient (Wildman–Crippen LogP) is 3.84. The molecule has 0 aliphatic carbocycles. The number of aliphatic hydroxyl groups excluding tert-OH is 1. The normalized spacial score (nSPS) is 12.2. The summed E-state index contributed by atoms with van der Waals surface area (Å²) >= 11 is 0. The number of nitrogens with one attached hydrogen (secondary N) is 4. The predicted molar refractivity (Wildman–Crippen MR) is 130 cm³/mol. The standard InChI is InChI=1S/C24H23F3N8O2/c1-13-10-15(8-9-16(13)21(37)28-2)30-23-29-11-17(20-32-22(35-34-20)24(25,26)27)19(33-23)31-18(12-36)14-6-4-3-5-7-14/h3-11,18,36H,12H2,1-2H3,(H,28,37)(H,32,34,35)(H2,29,30,31,33)/t18-/m1/s1. The van der Waals surface area contributed by atoms with Gasteiger partial charge in [0.05, 0.1) is 18.2 Å². The minimum absolute atomic E-state index is 0.0952. The SMILES string of the molecule is CNC(=O)c1ccc(Nc2ncc(-c3n[nH]c(C(F)(F)F)n3)c(N[C@H](CO)c3ccccc3)n2)cc1C. The van der Waals surface area contributed by atoms with Gasteiger partial charge in [-0.25, -0.2) is 9.97 Å². The molecule has 10 nitrogen and oxygen atoms in total. The van der Waals surface area contributed by atoms with Gasteiger partial charge in [0.1, 0.15) is 5.82 Å². The first-order chi connectivity index (χ1) is 17.7. The van der Waals surface area contributed by atoms with Crippen molar-refractivity contribution in [2.45, 2.75) is 19.1 Å². The van der Waals surface area contributed by atoms with Crippen molar-refractivity contribution in [2.75, 3.05) is 24.3 Å². The maximum Gasteiger partial charge on any atom is 0.451 e.